The van der Waals surface area contributed by atoms with Gasteiger partial charge in [0.2, 0.25) is 0 Å². The number of rotatable bonds is 3. The lowest BCUT2D eigenvalue weighted by molar-refractivity contribution is 0.584. The number of nitrogens with one attached hydrogen (secondary N) is 1. The molecule has 0 spiro atoms. The molecule has 0 radical (unpaired) electrons. The standard InChI is InChI=1S/C16H15FN2O2S/c1-11-5-7-12(8-6-11)22(20,21)19-18-16-10-9-13-14(16)3-2-4-15(13)17/h2-8,19H,9-10H2,1H3/b18-16+. The zero-order valence-corrected chi connectivity index (χ0v) is 12.8. The van der Waals surface area contributed by atoms with Crippen molar-refractivity contribution in [2.24, 2.45) is 5.10 Å². The molecular formula is C16H15FN2O2S. The molecule has 0 saturated carbocycles. The third kappa shape index (κ3) is 2.74. The molecule has 2 aromatic carbocycles. The summed E-state index contributed by atoms with van der Waals surface area (Å²) in [6, 6.07) is 11.3. The highest BCUT2D eigenvalue weighted by Gasteiger charge is 2.22. The van der Waals surface area contributed by atoms with E-state index in [4.69, 9.17) is 0 Å². The van der Waals surface area contributed by atoms with Crippen LogP contribution in [0.15, 0.2) is 52.5 Å². The molecule has 1 aliphatic carbocycles. The lowest BCUT2D eigenvalue weighted by Crippen LogP contribution is -2.20. The van der Waals surface area contributed by atoms with Gasteiger partial charge in [-0.25, -0.2) is 4.39 Å². The fourth-order valence-corrected chi connectivity index (χ4v) is 3.29. The van der Waals surface area contributed by atoms with Crippen LogP contribution in [0.4, 0.5) is 4.39 Å². The topological polar surface area (TPSA) is 58.5 Å². The molecular weight excluding hydrogens is 303 g/mol. The van der Waals surface area contributed by atoms with Gasteiger partial charge in [0.15, 0.2) is 0 Å². The quantitative estimate of drug-likeness (QED) is 0.885. The van der Waals surface area contributed by atoms with Crippen LogP contribution >= 0.6 is 0 Å². The van der Waals surface area contributed by atoms with E-state index in [2.05, 4.69) is 9.93 Å². The van der Waals surface area contributed by atoms with E-state index in [0.29, 0.717) is 29.7 Å². The van der Waals surface area contributed by atoms with Crippen molar-refractivity contribution in [3.05, 3.63) is 65.0 Å². The highest BCUT2D eigenvalue weighted by molar-refractivity contribution is 7.89. The lowest BCUT2D eigenvalue weighted by atomic mass is 10.1. The van der Waals surface area contributed by atoms with Crippen LogP contribution in [-0.4, -0.2) is 14.1 Å². The molecule has 0 heterocycles. The van der Waals surface area contributed by atoms with E-state index in [-0.39, 0.29) is 10.7 Å². The molecule has 0 atom stereocenters. The minimum atomic E-state index is -3.71. The molecule has 0 fully saturated rings. The summed E-state index contributed by atoms with van der Waals surface area (Å²) in [5.41, 5.74) is 2.80. The minimum absolute atomic E-state index is 0.153. The van der Waals surface area contributed by atoms with Gasteiger partial charge >= 0.3 is 0 Å². The summed E-state index contributed by atoms with van der Waals surface area (Å²) in [5.74, 6) is -0.274. The molecule has 6 heteroatoms. The van der Waals surface area contributed by atoms with Gasteiger partial charge in [0.25, 0.3) is 10.0 Å². The number of sulfonamides is 1. The third-order valence-electron chi connectivity index (χ3n) is 3.67. The highest BCUT2D eigenvalue weighted by Crippen LogP contribution is 2.25. The normalized spacial score (nSPS) is 15.8. The summed E-state index contributed by atoms with van der Waals surface area (Å²) in [5, 5.41) is 3.99. The molecule has 4 nitrogen and oxygen atoms in total. The van der Waals surface area contributed by atoms with Gasteiger partial charge in [0, 0.05) is 5.56 Å². The molecule has 0 aliphatic heterocycles. The van der Waals surface area contributed by atoms with E-state index >= 15 is 0 Å². The first-order valence-electron chi connectivity index (χ1n) is 6.90. The van der Waals surface area contributed by atoms with Crippen LogP contribution in [-0.2, 0) is 16.4 Å². The number of aryl methyl sites for hydroxylation is 1. The van der Waals surface area contributed by atoms with Crippen LogP contribution < -0.4 is 4.83 Å². The Morgan fingerprint density at radius 2 is 1.82 bits per heavy atom. The molecule has 0 unspecified atom stereocenters. The SMILES string of the molecule is Cc1ccc(S(=O)(=O)N/N=C2\CCc3c(F)cccc32)cc1. The first-order valence-corrected chi connectivity index (χ1v) is 8.38. The smallest absolute Gasteiger partial charge is 0.207 e. The average molecular weight is 318 g/mol. The number of benzene rings is 2. The van der Waals surface area contributed by atoms with Gasteiger partial charge in [-0.2, -0.15) is 18.4 Å². The van der Waals surface area contributed by atoms with Gasteiger partial charge in [-0.15, -0.1) is 0 Å². The van der Waals surface area contributed by atoms with Gasteiger partial charge in [-0.1, -0.05) is 29.8 Å². The van der Waals surface area contributed by atoms with E-state index in [1.807, 2.05) is 6.92 Å². The summed E-state index contributed by atoms with van der Waals surface area (Å²) in [4.78, 5) is 2.39. The van der Waals surface area contributed by atoms with Crippen LogP contribution in [0, 0.1) is 12.7 Å². The fraction of sp³-hybridized carbons (Fsp3) is 0.188. The number of fused-ring (bicyclic) bond motifs is 1. The molecule has 114 valence electrons. The first-order chi connectivity index (χ1) is 10.5. The average Bonchev–Trinajstić information content (AvgIpc) is 2.90. The largest absolute Gasteiger partial charge is 0.276 e. The van der Waals surface area contributed by atoms with Gasteiger partial charge in [0.05, 0.1) is 10.6 Å². The third-order valence-corrected chi connectivity index (χ3v) is 4.90. The summed E-state index contributed by atoms with van der Waals surface area (Å²) < 4.78 is 38.0. The van der Waals surface area contributed by atoms with E-state index in [1.54, 1.807) is 24.3 Å². The minimum Gasteiger partial charge on any atom is -0.207 e. The van der Waals surface area contributed by atoms with Crippen molar-refractivity contribution in [3.63, 3.8) is 0 Å². The molecule has 0 bridgehead atoms. The van der Waals surface area contributed by atoms with Crippen molar-refractivity contribution >= 4 is 15.7 Å². The van der Waals surface area contributed by atoms with Crippen molar-refractivity contribution in [1.29, 1.82) is 0 Å². The first kappa shape index (κ1) is 14.7. The van der Waals surface area contributed by atoms with Crippen molar-refractivity contribution in [1.82, 2.24) is 4.83 Å². The number of hydrogen-bond acceptors (Lipinski definition) is 3. The van der Waals surface area contributed by atoms with Crippen molar-refractivity contribution in [3.8, 4) is 0 Å². The predicted molar refractivity (Wildman–Crippen MR) is 82.8 cm³/mol. The van der Waals surface area contributed by atoms with Gasteiger partial charge < -0.3 is 0 Å². The van der Waals surface area contributed by atoms with Crippen molar-refractivity contribution < 1.29 is 12.8 Å². The molecule has 22 heavy (non-hydrogen) atoms. The maximum atomic E-state index is 13.6. The molecule has 1 N–H and O–H groups in total. The van der Waals surface area contributed by atoms with Crippen LogP contribution in [0.3, 0.4) is 0 Å². The van der Waals surface area contributed by atoms with Gasteiger partial charge in [-0.05, 0) is 43.5 Å². The highest BCUT2D eigenvalue weighted by atomic mass is 32.2. The van der Waals surface area contributed by atoms with E-state index in [1.165, 1.54) is 18.2 Å². The maximum absolute atomic E-state index is 13.6. The molecule has 0 aromatic heterocycles. The predicted octanol–water partition coefficient (Wildman–Crippen LogP) is 2.76. The molecule has 0 saturated heterocycles. The van der Waals surface area contributed by atoms with E-state index < -0.39 is 10.0 Å². The Hall–Kier alpha value is -2.21. The number of hydrogen-bond donors (Lipinski definition) is 1. The van der Waals surface area contributed by atoms with Gasteiger partial charge in [-0.3, -0.25) is 0 Å². The Labute approximate surface area is 128 Å². The van der Waals surface area contributed by atoms with Crippen molar-refractivity contribution in [2.75, 3.05) is 0 Å². The van der Waals surface area contributed by atoms with Crippen LogP contribution in [0.25, 0.3) is 0 Å². The second-order valence-corrected chi connectivity index (χ2v) is 6.89. The Kier molecular flexibility index (Phi) is 3.70. The second kappa shape index (κ2) is 5.53. The summed E-state index contributed by atoms with van der Waals surface area (Å²) in [6.45, 7) is 1.88. The Balaban J connectivity index is 1.87. The summed E-state index contributed by atoms with van der Waals surface area (Å²) >= 11 is 0. The Morgan fingerprint density at radius 1 is 1.09 bits per heavy atom. The number of hydrazone groups is 1. The fourth-order valence-electron chi connectivity index (χ4n) is 2.46. The lowest BCUT2D eigenvalue weighted by Gasteiger charge is -2.05. The zero-order valence-electron chi connectivity index (χ0n) is 12.0. The Morgan fingerprint density at radius 3 is 2.55 bits per heavy atom. The molecule has 1 aliphatic rings. The van der Waals surface area contributed by atoms with Crippen molar-refractivity contribution in [2.45, 2.75) is 24.7 Å². The Bertz CT molecular complexity index is 843. The molecule has 2 aromatic rings. The number of nitrogens with zero attached hydrogens (tertiary/aromatic N) is 1. The summed E-state index contributed by atoms with van der Waals surface area (Å²) in [6.07, 6.45) is 1.06. The monoisotopic (exact) mass is 318 g/mol. The molecule has 0 amide bonds. The van der Waals surface area contributed by atoms with E-state index in [9.17, 15) is 12.8 Å². The second-order valence-electron chi connectivity index (χ2n) is 5.23. The van der Waals surface area contributed by atoms with Gasteiger partial charge in [0.1, 0.15) is 5.82 Å². The zero-order chi connectivity index (χ0) is 15.7. The maximum Gasteiger partial charge on any atom is 0.276 e. The van der Waals surface area contributed by atoms with Crippen LogP contribution in [0.5, 0.6) is 0 Å². The van der Waals surface area contributed by atoms with Crippen LogP contribution in [0.2, 0.25) is 0 Å². The molecule has 3 rings (SSSR count). The van der Waals surface area contributed by atoms with E-state index in [0.717, 1.165) is 5.56 Å². The van der Waals surface area contributed by atoms with Crippen LogP contribution in [0.1, 0.15) is 23.1 Å². The number of halogens is 1. The summed E-state index contributed by atoms with van der Waals surface area (Å²) in [7, 11) is -3.71.